The van der Waals surface area contributed by atoms with Crippen LogP contribution in [0.5, 0.6) is 0 Å². The smallest absolute Gasteiger partial charge is 0.274 e. The summed E-state index contributed by atoms with van der Waals surface area (Å²) in [7, 11) is 0. The van der Waals surface area contributed by atoms with Gasteiger partial charge in [0, 0.05) is 12.1 Å². The molecule has 0 spiro atoms. The third-order valence-electron chi connectivity index (χ3n) is 3.58. The Morgan fingerprint density at radius 2 is 2.42 bits per heavy atom. The normalized spacial score (nSPS) is 20.0. The van der Waals surface area contributed by atoms with Gasteiger partial charge >= 0.3 is 0 Å². The van der Waals surface area contributed by atoms with Crippen LogP contribution in [0, 0.1) is 6.92 Å². The zero-order valence-electron chi connectivity index (χ0n) is 11.2. The van der Waals surface area contributed by atoms with Crippen molar-refractivity contribution in [3.05, 3.63) is 33.4 Å². The highest BCUT2D eigenvalue weighted by atomic mass is 16.5. The number of aromatic amines is 1. The Balaban J connectivity index is 2.10. The monoisotopic (exact) mass is 262 g/mol. The van der Waals surface area contributed by atoms with E-state index in [0.717, 1.165) is 36.5 Å². The molecule has 1 aliphatic heterocycles. The van der Waals surface area contributed by atoms with Crippen LogP contribution < -0.4 is 10.9 Å². The molecule has 3 rings (SSSR count). The molecule has 0 radical (unpaired) electrons. The number of hydrogen-bond donors (Lipinski definition) is 2. The van der Waals surface area contributed by atoms with Crippen molar-refractivity contribution in [2.24, 2.45) is 0 Å². The first-order valence-corrected chi connectivity index (χ1v) is 6.63. The lowest BCUT2D eigenvalue weighted by Crippen LogP contribution is -2.35. The first-order valence-electron chi connectivity index (χ1n) is 6.63. The minimum Gasteiger partial charge on any atom is -0.378 e. The topological polar surface area (TPSA) is 71.4 Å². The number of H-pyrrole nitrogens is 1. The summed E-state index contributed by atoms with van der Waals surface area (Å²) in [6, 6.07) is 1.97. The molecule has 19 heavy (non-hydrogen) atoms. The van der Waals surface area contributed by atoms with E-state index in [1.54, 1.807) is 0 Å². The Morgan fingerprint density at radius 1 is 1.58 bits per heavy atom. The van der Waals surface area contributed by atoms with Crippen molar-refractivity contribution < 1.29 is 4.74 Å². The largest absolute Gasteiger partial charge is 0.378 e. The number of ether oxygens (including phenoxy) is 1. The van der Waals surface area contributed by atoms with Crippen LogP contribution >= 0.6 is 0 Å². The third kappa shape index (κ3) is 2.06. The molecule has 0 saturated carbocycles. The number of nitrogens with zero attached hydrogens (tertiary/aromatic N) is 2. The van der Waals surface area contributed by atoms with Gasteiger partial charge in [-0.05, 0) is 25.0 Å². The molecular weight excluding hydrogens is 244 g/mol. The lowest BCUT2D eigenvalue weighted by Gasteiger charge is -2.21. The average molecular weight is 262 g/mol. The summed E-state index contributed by atoms with van der Waals surface area (Å²) in [5.74, 6) is 0.754. The van der Waals surface area contributed by atoms with Gasteiger partial charge in [0.2, 0.25) is 0 Å². The summed E-state index contributed by atoms with van der Waals surface area (Å²) < 4.78 is 6.95. The van der Waals surface area contributed by atoms with Crippen LogP contribution in [-0.2, 0) is 11.2 Å². The van der Waals surface area contributed by atoms with E-state index in [2.05, 4.69) is 15.4 Å². The van der Waals surface area contributed by atoms with Gasteiger partial charge in [-0.1, -0.05) is 6.92 Å². The van der Waals surface area contributed by atoms with Crippen molar-refractivity contribution in [2.45, 2.75) is 26.3 Å². The Morgan fingerprint density at radius 3 is 3.11 bits per heavy atom. The fourth-order valence-electron chi connectivity index (χ4n) is 2.53. The zero-order valence-corrected chi connectivity index (χ0v) is 11.2. The van der Waals surface area contributed by atoms with E-state index >= 15 is 0 Å². The molecule has 2 aromatic heterocycles. The molecule has 1 fully saturated rings. The maximum Gasteiger partial charge on any atom is 0.274 e. The van der Waals surface area contributed by atoms with Crippen LogP contribution in [0.2, 0.25) is 0 Å². The predicted molar refractivity (Wildman–Crippen MR) is 71.5 cm³/mol. The second-order valence-corrected chi connectivity index (χ2v) is 4.85. The quantitative estimate of drug-likeness (QED) is 0.829. The van der Waals surface area contributed by atoms with E-state index in [1.165, 1.54) is 4.52 Å². The summed E-state index contributed by atoms with van der Waals surface area (Å²) >= 11 is 0. The van der Waals surface area contributed by atoms with Crippen LogP contribution in [0.1, 0.15) is 29.9 Å². The second-order valence-electron chi connectivity index (χ2n) is 4.85. The van der Waals surface area contributed by atoms with E-state index < -0.39 is 0 Å². The fourth-order valence-corrected chi connectivity index (χ4v) is 2.53. The second kappa shape index (κ2) is 4.79. The van der Waals surface area contributed by atoms with Gasteiger partial charge in [-0.25, -0.2) is 4.98 Å². The predicted octanol–water partition coefficient (Wildman–Crippen LogP) is 0.554. The number of pyridine rings is 1. The van der Waals surface area contributed by atoms with E-state index in [1.807, 2.05) is 19.9 Å². The molecular formula is C13H18N4O2. The van der Waals surface area contributed by atoms with Gasteiger partial charge in [-0.2, -0.15) is 4.52 Å². The van der Waals surface area contributed by atoms with Gasteiger partial charge < -0.3 is 10.1 Å². The molecule has 0 bridgehead atoms. The van der Waals surface area contributed by atoms with Gasteiger partial charge in [-0.3, -0.25) is 9.89 Å². The van der Waals surface area contributed by atoms with Crippen LogP contribution in [0.25, 0.3) is 5.65 Å². The number of aryl methyl sites for hydroxylation is 1. The molecule has 3 heterocycles. The third-order valence-corrected chi connectivity index (χ3v) is 3.58. The molecule has 102 valence electrons. The van der Waals surface area contributed by atoms with Gasteiger partial charge in [-0.15, -0.1) is 0 Å². The van der Waals surface area contributed by atoms with Gasteiger partial charge in [0.25, 0.3) is 5.56 Å². The van der Waals surface area contributed by atoms with E-state index in [0.29, 0.717) is 12.3 Å². The summed E-state index contributed by atoms with van der Waals surface area (Å²) in [6.07, 6.45) is 0.729. The SMILES string of the molecule is CCc1c(C)cc2nc(C3COCCN3)[nH]n2c1=O. The summed E-state index contributed by atoms with van der Waals surface area (Å²) in [4.78, 5) is 16.8. The first kappa shape index (κ1) is 12.4. The number of hydrogen-bond acceptors (Lipinski definition) is 4. The van der Waals surface area contributed by atoms with Crippen LogP contribution in [-0.4, -0.2) is 34.4 Å². The number of morpholine rings is 1. The maximum atomic E-state index is 12.3. The Bertz CT molecular complexity index is 652. The number of fused-ring (bicyclic) bond motifs is 1. The van der Waals surface area contributed by atoms with Crippen molar-refractivity contribution in [1.82, 2.24) is 19.9 Å². The molecule has 1 unspecified atom stereocenters. The molecule has 0 aliphatic carbocycles. The molecule has 2 aromatic rings. The highest BCUT2D eigenvalue weighted by Gasteiger charge is 2.20. The molecule has 6 nitrogen and oxygen atoms in total. The minimum absolute atomic E-state index is 0.00650. The maximum absolute atomic E-state index is 12.3. The van der Waals surface area contributed by atoms with Crippen LogP contribution in [0.3, 0.4) is 0 Å². The standard InChI is InChI=1S/C13H18N4O2/c1-3-9-8(2)6-11-15-12(16-17(11)13(9)18)10-7-19-5-4-14-10/h6,10,14H,3-5,7H2,1-2H3,(H,15,16). The lowest BCUT2D eigenvalue weighted by atomic mass is 10.1. The van der Waals surface area contributed by atoms with Crippen molar-refractivity contribution >= 4 is 5.65 Å². The van der Waals surface area contributed by atoms with Crippen molar-refractivity contribution in [2.75, 3.05) is 19.8 Å². The Hall–Kier alpha value is -1.66. The fraction of sp³-hybridized carbons (Fsp3) is 0.538. The average Bonchev–Trinajstić information content (AvgIpc) is 2.84. The summed E-state index contributed by atoms with van der Waals surface area (Å²) in [5, 5.41) is 6.41. The number of aromatic nitrogens is 3. The zero-order chi connectivity index (χ0) is 13.4. The number of nitrogens with one attached hydrogen (secondary N) is 2. The van der Waals surface area contributed by atoms with E-state index in [9.17, 15) is 4.79 Å². The van der Waals surface area contributed by atoms with Crippen molar-refractivity contribution in [1.29, 1.82) is 0 Å². The highest BCUT2D eigenvalue weighted by Crippen LogP contribution is 2.14. The highest BCUT2D eigenvalue weighted by molar-refractivity contribution is 5.43. The lowest BCUT2D eigenvalue weighted by molar-refractivity contribution is 0.0743. The Labute approximate surface area is 110 Å². The summed E-state index contributed by atoms with van der Waals surface area (Å²) in [5.41, 5.74) is 2.49. The Kier molecular flexibility index (Phi) is 3.12. The van der Waals surface area contributed by atoms with Gasteiger partial charge in [0.1, 0.15) is 5.82 Å². The molecule has 2 N–H and O–H groups in total. The minimum atomic E-state index is -0.00650. The summed E-state index contributed by atoms with van der Waals surface area (Å²) in [6.45, 7) is 6.04. The van der Waals surface area contributed by atoms with Crippen molar-refractivity contribution in [3.8, 4) is 0 Å². The molecule has 6 heteroatoms. The van der Waals surface area contributed by atoms with E-state index in [4.69, 9.17) is 4.74 Å². The molecule has 1 atom stereocenters. The number of rotatable bonds is 2. The van der Waals surface area contributed by atoms with Crippen molar-refractivity contribution in [3.63, 3.8) is 0 Å². The van der Waals surface area contributed by atoms with Gasteiger partial charge in [0.15, 0.2) is 5.65 Å². The molecule has 0 aromatic carbocycles. The molecule has 1 aliphatic rings. The molecule has 1 saturated heterocycles. The van der Waals surface area contributed by atoms with E-state index in [-0.39, 0.29) is 11.6 Å². The van der Waals surface area contributed by atoms with Gasteiger partial charge in [0.05, 0.1) is 19.3 Å². The first-order chi connectivity index (χ1) is 9.20. The van der Waals surface area contributed by atoms with Crippen LogP contribution in [0.4, 0.5) is 0 Å². The van der Waals surface area contributed by atoms with Crippen LogP contribution in [0.15, 0.2) is 10.9 Å². The molecule has 0 amide bonds.